The summed E-state index contributed by atoms with van der Waals surface area (Å²) in [6, 6.07) is 5.73. The molecule has 5 rings (SSSR count). The van der Waals surface area contributed by atoms with Crippen LogP contribution in [-0.2, 0) is 4.79 Å². The Morgan fingerprint density at radius 1 is 1.10 bits per heavy atom. The van der Waals surface area contributed by atoms with Gasteiger partial charge >= 0.3 is 0 Å². The van der Waals surface area contributed by atoms with Gasteiger partial charge in [0.25, 0.3) is 5.91 Å². The number of fused-ring (bicyclic) bond motifs is 1. The number of benzene rings is 1. The van der Waals surface area contributed by atoms with E-state index in [9.17, 15) is 9.59 Å². The molecule has 2 amide bonds. The summed E-state index contributed by atoms with van der Waals surface area (Å²) in [6.45, 7) is 4.66. The molecule has 10 nitrogen and oxygen atoms in total. The van der Waals surface area contributed by atoms with Gasteiger partial charge in [0.05, 0.1) is 19.0 Å². The zero-order chi connectivity index (χ0) is 27.2. The van der Waals surface area contributed by atoms with Crippen LogP contribution in [0.5, 0.6) is 5.75 Å². The maximum absolute atomic E-state index is 12.8. The van der Waals surface area contributed by atoms with Crippen molar-refractivity contribution in [3.05, 3.63) is 30.0 Å². The third-order valence-corrected chi connectivity index (χ3v) is 8.19. The van der Waals surface area contributed by atoms with E-state index in [0.29, 0.717) is 48.5 Å². The normalized spacial score (nSPS) is 18.6. The highest BCUT2D eigenvalue weighted by Gasteiger charge is 2.31. The lowest BCUT2D eigenvalue weighted by Crippen LogP contribution is -2.34. The minimum absolute atomic E-state index is 0.0723. The highest BCUT2D eigenvalue weighted by atomic mass is 16.5. The second-order valence-corrected chi connectivity index (χ2v) is 10.8. The molecule has 0 unspecified atom stereocenters. The van der Waals surface area contributed by atoms with Gasteiger partial charge in [0.15, 0.2) is 5.82 Å². The van der Waals surface area contributed by atoms with Crippen LogP contribution in [0.1, 0.15) is 68.1 Å². The predicted octanol–water partition coefficient (Wildman–Crippen LogP) is 3.95. The van der Waals surface area contributed by atoms with E-state index in [2.05, 4.69) is 25.4 Å². The lowest BCUT2D eigenvalue weighted by molar-refractivity contribution is -0.118. The summed E-state index contributed by atoms with van der Waals surface area (Å²) in [5, 5.41) is 6.31. The summed E-state index contributed by atoms with van der Waals surface area (Å²) in [5.41, 5.74) is 1.95. The smallest absolute Gasteiger partial charge is 0.251 e. The maximum Gasteiger partial charge on any atom is 0.251 e. The zero-order valence-corrected chi connectivity index (χ0v) is 23.2. The van der Waals surface area contributed by atoms with Crippen LogP contribution < -0.4 is 25.2 Å². The number of nitrogens with zero attached hydrogens (tertiary/aromatic N) is 5. The van der Waals surface area contributed by atoms with E-state index in [1.165, 1.54) is 45.2 Å². The molecule has 0 bridgehead atoms. The molecule has 2 aromatic rings. The van der Waals surface area contributed by atoms with Gasteiger partial charge in [0.2, 0.25) is 11.9 Å². The highest BCUT2D eigenvalue weighted by molar-refractivity contribution is 5.97. The van der Waals surface area contributed by atoms with Gasteiger partial charge in [-0.05, 0) is 69.9 Å². The van der Waals surface area contributed by atoms with Gasteiger partial charge in [-0.3, -0.25) is 9.59 Å². The number of carbonyl (C=O) groups excluding carboxylic acids is 2. The molecule has 3 aliphatic rings. The third-order valence-electron chi connectivity index (χ3n) is 8.19. The molecule has 1 saturated heterocycles. The standard InChI is InChI=1S/C29H41N7O3/c1-34-24-20-31-29(33-27(24)36(18-13-26(34)37)22-9-4-5-10-22)32-23-12-11-21(19-25(23)39-2)28(38)30-14-8-17-35-15-6-3-7-16-35/h11-12,19-20,22H,3-10,13-18H2,1-2H3,(H,30,38)(H,31,32,33). The quantitative estimate of drug-likeness (QED) is 0.466. The summed E-state index contributed by atoms with van der Waals surface area (Å²) in [4.78, 5) is 41.2. The Hall–Kier alpha value is -3.40. The molecule has 2 fully saturated rings. The Labute approximate surface area is 231 Å². The second-order valence-electron chi connectivity index (χ2n) is 10.8. The molecule has 2 aliphatic heterocycles. The van der Waals surface area contributed by atoms with E-state index in [0.717, 1.165) is 37.3 Å². The Balaban J connectivity index is 1.26. The first kappa shape index (κ1) is 27.2. The van der Waals surface area contributed by atoms with Crippen molar-refractivity contribution in [1.82, 2.24) is 20.2 Å². The van der Waals surface area contributed by atoms with Crippen molar-refractivity contribution in [2.24, 2.45) is 0 Å². The molecule has 0 radical (unpaired) electrons. The van der Waals surface area contributed by atoms with Crippen LogP contribution in [0.2, 0.25) is 0 Å². The van der Waals surface area contributed by atoms with Gasteiger partial charge in [-0.1, -0.05) is 19.3 Å². The van der Waals surface area contributed by atoms with Crippen molar-refractivity contribution in [2.75, 3.05) is 62.0 Å². The van der Waals surface area contributed by atoms with Gasteiger partial charge < -0.3 is 30.1 Å². The number of anilines is 4. The molecule has 210 valence electrons. The van der Waals surface area contributed by atoms with Crippen molar-refractivity contribution >= 4 is 35.0 Å². The number of carbonyl (C=O) groups is 2. The Bertz CT molecular complexity index is 1160. The molecule has 0 spiro atoms. The molecule has 1 saturated carbocycles. The van der Waals surface area contributed by atoms with E-state index < -0.39 is 0 Å². The molecule has 1 aromatic heterocycles. The average molecular weight is 536 g/mol. The van der Waals surface area contributed by atoms with E-state index in [-0.39, 0.29) is 11.8 Å². The number of amides is 2. The van der Waals surface area contributed by atoms with Crippen LogP contribution in [0.15, 0.2) is 24.4 Å². The van der Waals surface area contributed by atoms with Crippen molar-refractivity contribution in [3.8, 4) is 5.75 Å². The Morgan fingerprint density at radius 3 is 2.67 bits per heavy atom. The lowest BCUT2D eigenvalue weighted by atomic mass is 10.1. The topological polar surface area (TPSA) is 103 Å². The number of hydrogen-bond acceptors (Lipinski definition) is 8. The van der Waals surface area contributed by atoms with E-state index in [4.69, 9.17) is 9.72 Å². The minimum atomic E-state index is -0.111. The second kappa shape index (κ2) is 12.6. The maximum atomic E-state index is 12.8. The number of likely N-dealkylation sites (tertiary alicyclic amines) is 1. The van der Waals surface area contributed by atoms with Crippen LogP contribution in [0.25, 0.3) is 0 Å². The first-order chi connectivity index (χ1) is 19.0. The molecule has 0 atom stereocenters. The fraction of sp³-hybridized carbons (Fsp3) is 0.586. The first-order valence-electron chi connectivity index (χ1n) is 14.4. The average Bonchev–Trinajstić information content (AvgIpc) is 3.47. The van der Waals surface area contributed by atoms with E-state index in [1.54, 1.807) is 37.4 Å². The lowest BCUT2D eigenvalue weighted by Gasteiger charge is -2.30. The summed E-state index contributed by atoms with van der Waals surface area (Å²) >= 11 is 0. The van der Waals surface area contributed by atoms with Crippen molar-refractivity contribution in [3.63, 3.8) is 0 Å². The molecule has 3 heterocycles. The Morgan fingerprint density at radius 2 is 1.90 bits per heavy atom. The third kappa shape index (κ3) is 6.43. The largest absolute Gasteiger partial charge is 0.495 e. The van der Waals surface area contributed by atoms with Crippen LogP contribution in [0.4, 0.5) is 23.1 Å². The van der Waals surface area contributed by atoms with Gasteiger partial charge in [-0.25, -0.2) is 4.98 Å². The van der Waals surface area contributed by atoms with Gasteiger partial charge in [0, 0.05) is 38.2 Å². The monoisotopic (exact) mass is 535 g/mol. The summed E-state index contributed by atoms with van der Waals surface area (Å²) < 4.78 is 5.61. The van der Waals surface area contributed by atoms with Crippen molar-refractivity contribution < 1.29 is 14.3 Å². The van der Waals surface area contributed by atoms with Gasteiger partial charge in [-0.15, -0.1) is 0 Å². The first-order valence-corrected chi connectivity index (χ1v) is 14.4. The number of rotatable bonds is 9. The Kier molecular flexibility index (Phi) is 8.81. The van der Waals surface area contributed by atoms with Gasteiger partial charge in [-0.2, -0.15) is 4.98 Å². The summed E-state index contributed by atoms with van der Waals surface area (Å²) in [7, 11) is 3.37. The molecule has 39 heavy (non-hydrogen) atoms. The molecule has 10 heteroatoms. The zero-order valence-electron chi connectivity index (χ0n) is 23.2. The molecule has 1 aromatic carbocycles. The fourth-order valence-corrected chi connectivity index (χ4v) is 5.92. The summed E-state index contributed by atoms with van der Waals surface area (Å²) in [6.07, 6.45) is 11.6. The van der Waals surface area contributed by atoms with Crippen LogP contribution in [0, 0.1) is 0 Å². The fourth-order valence-electron chi connectivity index (χ4n) is 5.92. The SMILES string of the molecule is COc1cc(C(=O)NCCCN2CCCCC2)ccc1Nc1ncc2c(n1)N(C1CCCC1)CCC(=O)N2C. The summed E-state index contributed by atoms with van der Waals surface area (Å²) in [5.74, 6) is 1.71. The van der Waals surface area contributed by atoms with Crippen LogP contribution >= 0.6 is 0 Å². The number of methoxy groups -OCH3 is 1. The number of aromatic nitrogens is 2. The van der Waals surface area contributed by atoms with E-state index >= 15 is 0 Å². The van der Waals surface area contributed by atoms with Crippen LogP contribution in [-0.4, -0.2) is 79.6 Å². The van der Waals surface area contributed by atoms with E-state index in [1.807, 2.05) is 6.07 Å². The minimum Gasteiger partial charge on any atom is -0.495 e. The predicted molar refractivity (Wildman–Crippen MR) is 153 cm³/mol. The van der Waals surface area contributed by atoms with Crippen molar-refractivity contribution in [1.29, 1.82) is 0 Å². The molecule has 2 N–H and O–H groups in total. The van der Waals surface area contributed by atoms with Crippen LogP contribution in [0.3, 0.4) is 0 Å². The number of hydrogen-bond donors (Lipinski definition) is 2. The number of ether oxygens (including phenoxy) is 1. The van der Waals surface area contributed by atoms with Gasteiger partial charge in [0.1, 0.15) is 11.4 Å². The molecular weight excluding hydrogens is 494 g/mol. The number of piperidine rings is 1. The highest BCUT2D eigenvalue weighted by Crippen LogP contribution is 2.37. The molecular formula is C29H41N7O3. The molecule has 1 aliphatic carbocycles. The van der Waals surface area contributed by atoms with Crippen molar-refractivity contribution in [2.45, 2.75) is 63.8 Å². The number of nitrogens with one attached hydrogen (secondary N) is 2.